The van der Waals surface area contributed by atoms with E-state index in [1.807, 2.05) is 4.90 Å². The number of hydrogen-bond acceptors (Lipinski definition) is 4. The van der Waals surface area contributed by atoms with Crippen molar-refractivity contribution < 1.29 is 5.11 Å². The maximum absolute atomic E-state index is 12.4. The molecule has 1 N–H and O–H groups in total. The Morgan fingerprint density at radius 2 is 1.77 bits per heavy atom. The molecule has 1 aliphatic rings. The highest BCUT2D eigenvalue weighted by Crippen LogP contribution is 2.25. The number of rotatable bonds is 2. The summed E-state index contributed by atoms with van der Waals surface area (Å²) in [5.41, 5.74) is 0.855. The normalized spacial score (nSPS) is 16.0. The largest absolute Gasteiger partial charge is 0.393 e. The number of hydrogen-bond donors (Lipinski definition) is 1. The zero-order chi connectivity index (χ0) is 15.7. The van der Waals surface area contributed by atoms with Crippen LogP contribution in [0, 0.1) is 0 Å². The fourth-order valence-corrected chi connectivity index (χ4v) is 2.89. The Hall–Kier alpha value is -1.56. The van der Waals surface area contributed by atoms with Gasteiger partial charge in [0.15, 0.2) is 0 Å². The molecule has 7 heteroatoms. The predicted octanol–water partition coefficient (Wildman–Crippen LogP) is 2.50. The molecule has 0 saturated carbocycles. The lowest BCUT2D eigenvalue weighted by atomic mass is 10.1. The number of nitrogens with zero attached hydrogens (tertiary/aromatic N) is 3. The van der Waals surface area contributed by atoms with Crippen molar-refractivity contribution in [2.24, 2.45) is 0 Å². The van der Waals surface area contributed by atoms with Gasteiger partial charge in [0.1, 0.15) is 5.02 Å². The number of anilines is 1. The van der Waals surface area contributed by atoms with Gasteiger partial charge in [-0.05, 0) is 37.1 Å². The Bertz CT molecular complexity index is 723. The molecule has 0 bridgehead atoms. The van der Waals surface area contributed by atoms with Gasteiger partial charge in [0.25, 0.3) is 5.56 Å². The van der Waals surface area contributed by atoms with Crippen molar-refractivity contribution in [3.05, 3.63) is 50.9 Å². The van der Waals surface area contributed by atoms with Crippen LogP contribution in [0.2, 0.25) is 10.0 Å². The van der Waals surface area contributed by atoms with Crippen LogP contribution in [-0.2, 0) is 0 Å². The van der Waals surface area contributed by atoms with Crippen LogP contribution in [0.1, 0.15) is 12.8 Å². The highest BCUT2D eigenvalue weighted by Gasteiger charge is 2.21. The lowest BCUT2D eigenvalue weighted by Crippen LogP contribution is -2.37. The highest BCUT2D eigenvalue weighted by molar-refractivity contribution is 6.33. The van der Waals surface area contributed by atoms with Gasteiger partial charge in [-0.1, -0.05) is 23.2 Å². The molecule has 1 aromatic heterocycles. The zero-order valence-corrected chi connectivity index (χ0v) is 13.3. The van der Waals surface area contributed by atoms with Crippen LogP contribution >= 0.6 is 23.2 Å². The minimum Gasteiger partial charge on any atom is -0.393 e. The topological polar surface area (TPSA) is 58.4 Å². The smallest absolute Gasteiger partial charge is 0.292 e. The van der Waals surface area contributed by atoms with Crippen LogP contribution in [0.25, 0.3) is 5.69 Å². The Morgan fingerprint density at radius 3 is 2.41 bits per heavy atom. The van der Waals surface area contributed by atoms with E-state index >= 15 is 0 Å². The van der Waals surface area contributed by atoms with E-state index < -0.39 is 0 Å². The maximum atomic E-state index is 12.4. The van der Waals surface area contributed by atoms with Gasteiger partial charge in [-0.2, -0.15) is 9.78 Å². The Kier molecular flexibility index (Phi) is 4.38. The van der Waals surface area contributed by atoms with Gasteiger partial charge in [0, 0.05) is 18.1 Å². The summed E-state index contributed by atoms with van der Waals surface area (Å²) in [7, 11) is 0. The second kappa shape index (κ2) is 6.28. The number of aliphatic hydroxyl groups excluding tert-OH is 1. The SMILES string of the molecule is O=c1c(Cl)c(N2CCC(O)CC2)cnn1-c1ccc(Cl)cc1. The van der Waals surface area contributed by atoms with Crippen LogP contribution in [0.3, 0.4) is 0 Å². The van der Waals surface area contributed by atoms with E-state index in [9.17, 15) is 9.90 Å². The molecule has 0 radical (unpaired) electrons. The standard InChI is InChI=1S/C15H15Cl2N3O2/c16-10-1-3-11(4-2-10)20-15(22)14(17)13(9-18-20)19-7-5-12(21)6-8-19/h1-4,9,12,21H,5-8H2. The average molecular weight is 340 g/mol. The Morgan fingerprint density at radius 1 is 1.14 bits per heavy atom. The van der Waals surface area contributed by atoms with Crippen molar-refractivity contribution in [3.63, 3.8) is 0 Å². The van der Waals surface area contributed by atoms with Gasteiger partial charge in [0.05, 0.1) is 23.7 Å². The number of aromatic nitrogens is 2. The molecular formula is C15H15Cl2N3O2. The molecule has 1 aliphatic heterocycles. The summed E-state index contributed by atoms with van der Waals surface area (Å²) < 4.78 is 1.25. The summed E-state index contributed by atoms with van der Waals surface area (Å²) in [6, 6.07) is 6.81. The lowest BCUT2D eigenvalue weighted by molar-refractivity contribution is 0.145. The van der Waals surface area contributed by atoms with Crippen LogP contribution in [-0.4, -0.2) is 34.1 Å². The molecule has 2 aromatic rings. The summed E-state index contributed by atoms with van der Waals surface area (Å²) >= 11 is 12.1. The summed E-state index contributed by atoms with van der Waals surface area (Å²) in [5.74, 6) is 0. The third kappa shape index (κ3) is 2.97. The molecule has 116 valence electrons. The second-order valence-electron chi connectivity index (χ2n) is 5.26. The van der Waals surface area contributed by atoms with Crippen molar-refractivity contribution in [2.45, 2.75) is 18.9 Å². The van der Waals surface area contributed by atoms with E-state index in [1.165, 1.54) is 4.68 Å². The molecule has 1 fully saturated rings. The molecule has 2 heterocycles. The Labute approximate surface area is 137 Å². The number of halogens is 2. The summed E-state index contributed by atoms with van der Waals surface area (Å²) in [6.45, 7) is 1.32. The number of benzene rings is 1. The average Bonchev–Trinajstić information content (AvgIpc) is 2.52. The summed E-state index contributed by atoms with van der Waals surface area (Å²) in [6.07, 6.45) is 2.64. The molecule has 1 aromatic carbocycles. The van der Waals surface area contributed by atoms with E-state index in [0.29, 0.717) is 42.3 Å². The fraction of sp³-hybridized carbons (Fsp3) is 0.333. The molecule has 3 rings (SSSR count). The summed E-state index contributed by atoms with van der Waals surface area (Å²) in [4.78, 5) is 14.4. The molecule has 0 unspecified atom stereocenters. The molecule has 0 aliphatic carbocycles. The summed E-state index contributed by atoms with van der Waals surface area (Å²) in [5, 5.41) is 14.5. The van der Waals surface area contributed by atoms with E-state index in [1.54, 1.807) is 30.5 Å². The van der Waals surface area contributed by atoms with Crippen molar-refractivity contribution in [1.82, 2.24) is 9.78 Å². The van der Waals surface area contributed by atoms with Gasteiger partial charge in [-0.15, -0.1) is 0 Å². The van der Waals surface area contributed by atoms with Crippen molar-refractivity contribution in [2.75, 3.05) is 18.0 Å². The third-order valence-electron chi connectivity index (χ3n) is 3.78. The monoisotopic (exact) mass is 339 g/mol. The van der Waals surface area contributed by atoms with Crippen LogP contribution in [0.5, 0.6) is 0 Å². The van der Waals surface area contributed by atoms with Crippen molar-refractivity contribution in [3.8, 4) is 5.69 Å². The van der Waals surface area contributed by atoms with Gasteiger partial charge in [-0.25, -0.2) is 0 Å². The van der Waals surface area contributed by atoms with E-state index in [4.69, 9.17) is 23.2 Å². The lowest BCUT2D eigenvalue weighted by Gasteiger charge is -2.31. The minimum atomic E-state index is -0.368. The molecule has 0 amide bonds. The zero-order valence-electron chi connectivity index (χ0n) is 11.7. The van der Waals surface area contributed by atoms with Crippen LogP contribution in [0.15, 0.2) is 35.3 Å². The fourth-order valence-electron chi connectivity index (χ4n) is 2.52. The number of piperidine rings is 1. The first-order chi connectivity index (χ1) is 10.6. The predicted molar refractivity (Wildman–Crippen MR) is 87.3 cm³/mol. The first-order valence-electron chi connectivity index (χ1n) is 7.03. The third-order valence-corrected chi connectivity index (χ3v) is 4.38. The highest BCUT2D eigenvalue weighted by atomic mass is 35.5. The first kappa shape index (κ1) is 15.3. The van der Waals surface area contributed by atoms with Gasteiger partial charge in [-0.3, -0.25) is 4.79 Å². The van der Waals surface area contributed by atoms with E-state index in [2.05, 4.69) is 5.10 Å². The van der Waals surface area contributed by atoms with Crippen molar-refractivity contribution >= 4 is 28.9 Å². The van der Waals surface area contributed by atoms with Crippen molar-refractivity contribution in [1.29, 1.82) is 0 Å². The number of aliphatic hydroxyl groups is 1. The molecule has 1 saturated heterocycles. The quantitative estimate of drug-likeness (QED) is 0.913. The van der Waals surface area contributed by atoms with E-state index in [0.717, 1.165) is 0 Å². The molecule has 22 heavy (non-hydrogen) atoms. The van der Waals surface area contributed by atoms with Crippen LogP contribution < -0.4 is 10.5 Å². The first-order valence-corrected chi connectivity index (χ1v) is 7.78. The van der Waals surface area contributed by atoms with Crippen LogP contribution in [0.4, 0.5) is 5.69 Å². The molecule has 0 atom stereocenters. The van der Waals surface area contributed by atoms with Gasteiger partial charge < -0.3 is 10.0 Å². The van der Waals surface area contributed by atoms with Gasteiger partial charge >= 0.3 is 0 Å². The second-order valence-corrected chi connectivity index (χ2v) is 6.07. The Balaban J connectivity index is 1.95. The van der Waals surface area contributed by atoms with Gasteiger partial charge in [0.2, 0.25) is 0 Å². The molecular weight excluding hydrogens is 325 g/mol. The maximum Gasteiger partial charge on any atom is 0.292 e. The minimum absolute atomic E-state index is 0.140. The molecule has 5 nitrogen and oxygen atoms in total. The van der Waals surface area contributed by atoms with E-state index in [-0.39, 0.29) is 16.7 Å². The molecule has 0 spiro atoms.